The number of aromatic nitrogens is 1. The largest absolute Gasteiger partial charge is 0.477 e. The van der Waals surface area contributed by atoms with Crippen molar-refractivity contribution >= 4 is 5.97 Å². The van der Waals surface area contributed by atoms with E-state index in [1.807, 2.05) is 41.5 Å². The summed E-state index contributed by atoms with van der Waals surface area (Å²) in [6.45, 7) is 11.5. The molecule has 0 aromatic carbocycles. The monoisotopic (exact) mass is 225 g/mol. The molecule has 0 saturated heterocycles. The zero-order valence-corrected chi connectivity index (χ0v) is 10.7. The van der Waals surface area contributed by atoms with Crippen LogP contribution in [0.2, 0.25) is 0 Å². The molecule has 0 atom stereocenters. The molecule has 0 radical (unpaired) electrons. The molecule has 1 N–H and O–H groups in total. The minimum absolute atomic E-state index is 0.208. The van der Waals surface area contributed by atoms with Gasteiger partial charge < -0.3 is 9.63 Å². The Morgan fingerprint density at radius 1 is 1.12 bits per heavy atom. The zero-order valence-electron chi connectivity index (χ0n) is 10.7. The van der Waals surface area contributed by atoms with Gasteiger partial charge in [0.25, 0.3) is 0 Å². The Morgan fingerprint density at radius 3 is 1.94 bits per heavy atom. The van der Waals surface area contributed by atoms with E-state index in [-0.39, 0.29) is 16.4 Å². The van der Waals surface area contributed by atoms with Crippen molar-refractivity contribution in [1.29, 1.82) is 0 Å². The number of nitrogens with zero attached hydrogens (tertiary/aromatic N) is 1. The fourth-order valence-electron chi connectivity index (χ4n) is 1.51. The van der Waals surface area contributed by atoms with Crippen LogP contribution in [0.3, 0.4) is 0 Å². The highest BCUT2D eigenvalue weighted by molar-refractivity contribution is 5.90. The Balaban J connectivity index is 3.47. The summed E-state index contributed by atoms with van der Waals surface area (Å²) >= 11 is 0. The van der Waals surface area contributed by atoms with Gasteiger partial charge in [-0.15, -0.1) is 0 Å². The van der Waals surface area contributed by atoms with Crippen LogP contribution < -0.4 is 0 Å². The van der Waals surface area contributed by atoms with E-state index in [1.54, 1.807) is 0 Å². The van der Waals surface area contributed by atoms with Gasteiger partial charge in [0.1, 0.15) is 11.3 Å². The number of carboxylic acid groups (broad SMARTS) is 1. The molecule has 0 fully saturated rings. The lowest BCUT2D eigenvalue weighted by molar-refractivity contribution is 0.0690. The molecule has 0 saturated carbocycles. The van der Waals surface area contributed by atoms with Crippen molar-refractivity contribution < 1.29 is 14.4 Å². The van der Waals surface area contributed by atoms with Crippen LogP contribution in [0.4, 0.5) is 0 Å². The van der Waals surface area contributed by atoms with Crippen molar-refractivity contribution in [2.45, 2.75) is 52.4 Å². The molecular formula is C12H19NO3. The highest BCUT2D eigenvalue weighted by Crippen LogP contribution is 2.33. The Labute approximate surface area is 95.6 Å². The van der Waals surface area contributed by atoms with Crippen molar-refractivity contribution in [2.75, 3.05) is 0 Å². The summed E-state index contributed by atoms with van der Waals surface area (Å²) < 4.78 is 5.22. The maximum absolute atomic E-state index is 11.3. The van der Waals surface area contributed by atoms with Gasteiger partial charge in [-0.25, -0.2) is 4.79 Å². The van der Waals surface area contributed by atoms with Gasteiger partial charge in [0, 0.05) is 10.8 Å². The van der Waals surface area contributed by atoms with Crippen LogP contribution in [0, 0.1) is 0 Å². The van der Waals surface area contributed by atoms with Crippen LogP contribution in [-0.4, -0.2) is 16.2 Å². The van der Waals surface area contributed by atoms with Gasteiger partial charge in [-0.2, -0.15) is 0 Å². The predicted octanol–water partition coefficient (Wildman–Crippen LogP) is 2.97. The molecule has 0 unspecified atom stereocenters. The first kappa shape index (κ1) is 12.7. The number of hydrogen-bond acceptors (Lipinski definition) is 3. The van der Waals surface area contributed by atoms with E-state index in [2.05, 4.69) is 5.16 Å². The van der Waals surface area contributed by atoms with Crippen LogP contribution in [0.25, 0.3) is 0 Å². The van der Waals surface area contributed by atoms with Gasteiger partial charge in [-0.05, 0) is 0 Å². The standard InChI is InChI=1S/C12H19NO3/c1-11(2,3)8-7(10(14)15)9(16-13-8)12(4,5)6/h1-6H3,(H,14,15). The van der Waals surface area contributed by atoms with E-state index in [0.717, 1.165) is 0 Å². The summed E-state index contributed by atoms with van der Waals surface area (Å²) in [6, 6.07) is 0. The van der Waals surface area contributed by atoms with Crippen molar-refractivity contribution in [1.82, 2.24) is 5.16 Å². The summed E-state index contributed by atoms with van der Waals surface area (Å²) in [5.74, 6) is -0.541. The molecular weight excluding hydrogens is 206 g/mol. The fraction of sp³-hybridized carbons (Fsp3) is 0.667. The number of hydrogen-bond donors (Lipinski definition) is 1. The van der Waals surface area contributed by atoms with Gasteiger partial charge >= 0.3 is 5.97 Å². The van der Waals surface area contributed by atoms with Crippen molar-refractivity contribution in [2.24, 2.45) is 0 Å². The molecule has 1 heterocycles. The molecule has 0 bridgehead atoms. The van der Waals surface area contributed by atoms with Gasteiger partial charge in [0.2, 0.25) is 0 Å². The summed E-state index contributed by atoms with van der Waals surface area (Å²) in [4.78, 5) is 11.3. The van der Waals surface area contributed by atoms with Crippen LogP contribution in [0.1, 0.15) is 63.4 Å². The lowest BCUT2D eigenvalue weighted by Crippen LogP contribution is -2.20. The van der Waals surface area contributed by atoms with E-state index < -0.39 is 5.97 Å². The predicted molar refractivity (Wildman–Crippen MR) is 60.9 cm³/mol. The SMILES string of the molecule is CC(C)(C)c1noc(C(C)(C)C)c1C(=O)O. The molecule has 4 heteroatoms. The third-order valence-corrected chi connectivity index (χ3v) is 2.30. The van der Waals surface area contributed by atoms with E-state index >= 15 is 0 Å². The molecule has 16 heavy (non-hydrogen) atoms. The second-order valence-corrected chi connectivity index (χ2v) is 6.04. The minimum atomic E-state index is -0.976. The van der Waals surface area contributed by atoms with Crippen molar-refractivity contribution in [3.8, 4) is 0 Å². The molecule has 1 rings (SSSR count). The van der Waals surface area contributed by atoms with E-state index in [9.17, 15) is 9.90 Å². The van der Waals surface area contributed by atoms with Gasteiger partial charge in [-0.3, -0.25) is 0 Å². The van der Waals surface area contributed by atoms with Crippen LogP contribution in [0.5, 0.6) is 0 Å². The molecule has 90 valence electrons. The molecule has 1 aromatic rings. The summed E-state index contributed by atoms with van der Waals surface area (Å²) in [7, 11) is 0. The number of rotatable bonds is 1. The molecule has 0 amide bonds. The average molecular weight is 225 g/mol. The first-order valence-corrected chi connectivity index (χ1v) is 5.29. The van der Waals surface area contributed by atoms with E-state index in [0.29, 0.717) is 11.5 Å². The highest BCUT2D eigenvalue weighted by Gasteiger charge is 2.34. The molecule has 1 aromatic heterocycles. The maximum atomic E-state index is 11.3. The third-order valence-electron chi connectivity index (χ3n) is 2.30. The summed E-state index contributed by atoms with van der Waals surface area (Å²) in [5, 5.41) is 13.2. The summed E-state index contributed by atoms with van der Waals surface area (Å²) in [6.07, 6.45) is 0. The quantitative estimate of drug-likeness (QED) is 0.798. The van der Waals surface area contributed by atoms with Gasteiger partial charge in [-0.1, -0.05) is 46.7 Å². The number of aromatic carboxylic acids is 1. The Kier molecular flexibility index (Phi) is 2.88. The molecule has 0 aliphatic carbocycles. The first-order chi connectivity index (χ1) is 7.05. The van der Waals surface area contributed by atoms with Crippen LogP contribution >= 0.6 is 0 Å². The normalized spacial score (nSPS) is 12.9. The smallest absolute Gasteiger partial charge is 0.341 e. The highest BCUT2D eigenvalue weighted by atomic mass is 16.5. The molecule has 0 aliphatic rings. The lowest BCUT2D eigenvalue weighted by atomic mass is 9.84. The summed E-state index contributed by atoms with van der Waals surface area (Å²) in [5.41, 5.74) is 0.0234. The topological polar surface area (TPSA) is 63.3 Å². The maximum Gasteiger partial charge on any atom is 0.341 e. The van der Waals surface area contributed by atoms with Crippen LogP contribution in [-0.2, 0) is 10.8 Å². The van der Waals surface area contributed by atoms with E-state index in [1.165, 1.54) is 0 Å². The third kappa shape index (κ3) is 2.26. The molecule has 0 spiro atoms. The second-order valence-electron chi connectivity index (χ2n) is 6.04. The second kappa shape index (κ2) is 3.61. The fourth-order valence-corrected chi connectivity index (χ4v) is 1.51. The van der Waals surface area contributed by atoms with Crippen molar-refractivity contribution in [3.63, 3.8) is 0 Å². The van der Waals surface area contributed by atoms with Crippen molar-refractivity contribution in [3.05, 3.63) is 17.0 Å². The lowest BCUT2D eigenvalue weighted by Gasteiger charge is -2.18. The Morgan fingerprint density at radius 2 is 1.62 bits per heavy atom. The minimum Gasteiger partial charge on any atom is -0.477 e. The molecule has 0 aliphatic heterocycles. The molecule has 4 nitrogen and oxygen atoms in total. The van der Waals surface area contributed by atoms with Gasteiger partial charge in [0.15, 0.2) is 5.76 Å². The average Bonchev–Trinajstić information content (AvgIpc) is 2.43. The van der Waals surface area contributed by atoms with E-state index in [4.69, 9.17) is 4.52 Å². The Bertz CT molecular complexity index is 373. The van der Waals surface area contributed by atoms with Gasteiger partial charge in [0.05, 0.1) is 0 Å². The Hall–Kier alpha value is -1.32. The van der Waals surface area contributed by atoms with Crippen LogP contribution in [0.15, 0.2) is 4.52 Å². The number of carbonyl (C=O) groups is 1. The number of carboxylic acids is 1. The first-order valence-electron chi connectivity index (χ1n) is 5.29. The zero-order chi connectivity index (χ0) is 12.7.